The fraction of sp³-hybridized carbons (Fsp3) is 0.286. The molecule has 0 fully saturated rings. The second-order valence-electron chi connectivity index (χ2n) is 2.39. The van der Waals surface area contributed by atoms with E-state index in [1.54, 1.807) is 0 Å². The summed E-state index contributed by atoms with van der Waals surface area (Å²) in [6.45, 7) is 4.21. The summed E-state index contributed by atoms with van der Waals surface area (Å²) in [6, 6.07) is 0. The van der Waals surface area contributed by atoms with Crippen LogP contribution in [0, 0.1) is 6.42 Å². The van der Waals surface area contributed by atoms with Gasteiger partial charge in [0.05, 0.1) is 0 Å². The Bertz CT molecular complexity index is 196. The molecular formula is C7H9Cl4Zr. The summed E-state index contributed by atoms with van der Waals surface area (Å²) in [5.74, 6) is 0. The van der Waals surface area contributed by atoms with Gasteiger partial charge in [-0.2, -0.15) is 0 Å². The van der Waals surface area contributed by atoms with Gasteiger partial charge >= 0.3 is 49.5 Å². The van der Waals surface area contributed by atoms with E-state index in [0.29, 0.717) is 0 Å². The number of halogens is 4. The number of hydrogen-bond acceptors (Lipinski definition) is 0. The summed E-state index contributed by atoms with van der Waals surface area (Å²) < 4.78 is 0. The summed E-state index contributed by atoms with van der Waals surface area (Å²) in [5.41, 5.74) is 2.72. The third-order valence-electron chi connectivity index (χ3n) is 1.06. The molecule has 1 radical (unpaired) electrons. The molecule has 0 aromatic rings. The Morgan fingerprint density at radius 1 is 1.00 bits per heavy atom. The molecule has 0 aromatic carbocycles. The van der Waals surface area contributed by atoms with E-state index in [2.05, 4.69) is 32.4 Å². The molecule has 1 aliphatic carbocycles. The average molecular weight is 326 g/mol. The summed E-state index contributed by atoms with van der Waals surface area (Å²) >= 11 is -3.29. The van der Waals surface area contributed by atoms with Gasteiger partial charge in [0.25, 0.3) is 0 Å². The topological polar surface area (TPSA) is 0 Å². The predicted molar refractivity (Wildman–Crippen MR) is 55.2 cm³/mol. The molecule has 0 bridgehead atoms. The van der Waals surface area contributed by atoms with Gasteiger partial charge in [-0.05, 0) is 13.8 Å². The molecular weight excluding hydrogens is 317 g/mol. The van der Waals surface area contributed by atoms with Crippen LogP contribution in [0.25, 0.3) is 0 Å². The van der Waals surface area contributed by atoms with Crippen molar-refractivity contribution in [2.45, 2.75) is 13.8 Å². The zero-order valence-electron chi connectivity index (χ0n) is 6.74. The summed E-state index contributed by atoms with van der Waals surface area (Å²) in [5, 5.41) is 0. The van der Waals surface area contributed by atoms with Crippen LogP contribution in [0.5, 0.6) is 0 Å². The van der Waals surface area contributed by atoms with Crippen LogP contribution in [0.1, 0.15) is 13.8 Å². The van der Waals surface area contributed by atoms with E-state index in [1.165, 1.54) is 11.1 Å². The standard InChI is InChI=1S/C7H9.4ClH.Zr/c1-6-3-4-7(2)5-6;;;;;/h3-5H,1-2H3;4*1H;/q;;;;;+4/p-4. The molecule has 1 aliphatic rings. The van der Waals surface area contributed by atoms with Gasteiger partial charge in [-0.3, -0.25) is 0 Å². The number of hydrogen-bond donors (Lipinski definition) is 0. The van der Waals surface area contributed by atoms with Gasteiger partial charge in [0.15, 0.2) is 0 Å². The van der Waals surface area contributed by atoms with E-state index in [9.17, 15) is 0 Å². The predicted octanol–water partition coefficient (Wildman–Crippen LogP) is 4.85. The summed E-state index contributed by atoms with van der Waals surface area (Å²) in [4.78, 5) is 0. The molecule has 0 amide bonds. The Kier molecular flexibility index (Phi) is 6.86. The van der Waals surface area contributed by atoms with Gasteiger partial charge in [-0.25, -0.2) is 0 Å². The second-order valence-corrected chi connectivity index (χ2v) is 24.8. The van der Waals surface area contributed by atoms with Gasteiger partial charge in [0.1, 0.15) is 0 Å². The monoisotopic (exact) mass is 323 g/mol. The molecule has 1 rings (SSSR count). The van der Waals surface area contributed by atoms with Crippen LogP contribution in [0.4, 0.5) is 0 Å². The van der Waals surface area contributed by atoms with Crippen molar-refractivity contribution in [1.29, 1.82) is 0 Å². The van der Waals surface area contributed by atoms with E-state index in [0.717, 1.165) is 0 Å². The summed E-state index contributed by atoms with van der Waals surface area (Å²) in [7, 11) is 20.1. The first kappa shape index (κ1) is 13.5. The molecule has 0 N–H and O–H groups in total. The van der Waals surface area contributed by atoms with E-state index >= 15 is 0 Å². The van der Waals surface area contributed by atoms with Crippen molar-refractivity contribution in [3.63, 3.8) is 0 Å². The molecule has 0 spiro atoms. The molecule has 0 aromatic heterocycles. The fourth-order valence-electron chi connectivity index (χ4n) is 0.718. The van der Waals surface area contributed by atoms with Crippen molar-refractivity contribution in [3.05, 3.63) is 29.7 Å². The third kappa shape index (κ3) is 11.5. The zero-order valence-corrected chi connectivity index (χ0v) is 12.2. The molecule has 0 nitrogen and oxygen atoms in total. The van der Waals surface area contributed by atoms with Crippen LogP contribution in [0.15, 0.2) is 23.3 Å². The van der Waals surface area contributed by atoms with Crippen LogP contribution in [0.2, 0.25) is 0 Å². The molecule has 0 saturated carbocycles. The van der Waals surface area contributed by atoms with Crippen molar-refractivity contribution in [2.24, 2.45) is 0 Å². The van der Waals surface area contributed by atoms with Gasteiger partial charge in [-0.1, -0.05) is 23.3 Å². The molecule has 12 heavy (non-hydrogen) atoms. The Labute approximate surface area is 92.1 Å². The Morgan fingerprint density at radius 2 is 1.42 bits per heavy atom. The van der Waals surface area contributed by atoms with Crippen LogP contribution in [-0.2, 0) is 15.5 Å². The minimum absolute atomic E-state index is 1.36. The van der Waals surface area contributed by atoms with Crippen molar-refractivity contribution in [2.75, 3.05) is 0 Å². The van der Waals surface area contributed by atoms with Crippen LogP contribution in [0.3, 0.4) is 0 Å². The van der Waals surface area contributed by atoms with E-state index in [1.807, 2.05) is 0 Å². The van der Waals surface area contributed by atoms with Crippen molar-refractivity contribution < 1.29 is 15.5 Å². The molecule has 5 heteroatoms. The van der Waals surface area contributed by atoms with Gasteiger partial charge in [-0.15, -0.1) is 0 Å². The molecule has 0 heterocycles. The molecule has 0 atom stereocenters. The van der Waals surface area contributed by atoms with Gasteiger partial charge in [0, 0.05) is 6.42 Å². The van der Waals surface area contributed by atoms with Crippen molar-refractivity contribution in [1.82, 2.24) is 0 Å². The second kappa shape index (κ2) is 6.09. The Hall–Kier alpha value is 1.52. The SMILES string of the molecule is CC1=CC(C)=C[CH]1.[Cl][Zr]([Cl])([Cl])[Cl]. The normalized spacial score (nSPS) is 16.2. The molecule has 0 unspecified atom stereocenters. The first-order valence-electron chi connectivity index (χ1n) is 3.24. The third-order valence-corrected chi connectivity index (χ3v) is 1.06. The molecule has 0 saturated heterocycles. The van der Waals surface area contributed by atoms with E-state index in [4.69, 9.17) is 34.1 Å². The average Bonchev–Trinajstić information content (AvgIpc) is 2.09. The van der Waals surface area contributed by atoms with E-state index in [-0.39, 0.29) is 0 Å². The first-order valence-corrected chi connectivity index (χ1v) is 15.9. The van der Waals surface area contributed by atoms with Crippen molar-refractivity contribution >= 4 is 34.1 Å². The maximum atomic E-state index is 5.04. The van der Waals surface area contributed by atoms with Crippen LogP contribution in [-0.4, -0.2) is 0 Å². The zero-order chi connectivity index (χ0) is 9.78. The minimum atomic E-state index is -3.29. The van der Waals surface area contributed by atoms with Gasteiger partial charge < -0.3 is 0 Å². The van der Waals surface area contributed by atoms with Crippen LogP contribution >= 0.6 is 34.1 Å². The first-order chi connectivity index (χ1) is 5.29. The van der Waals surface area contributed by atoms with E-state index < -0.39 is 15.5 Å². The summed E-state index contributed by atoms with van der Waals surface area (Å²) in [6.07, 6.45) is 6.41. The van der Waals surface area contributed by atoms with Gasteiger partial charge in [0.2, 0.25) is 0 Å². The maximum absolute atomic E-state index is 5.04. The molecule has 69 valence electrons. The molecule has 0 aliphatic heterocycles. The Morgan fingerprint density at radius 3 is 1.50 bits per heavy atom. The van der Waals surface area contributed by atoms with Crippen molar-refractivity contribution in [3.8, 4) is 0 Å². The quantitative estimate of drug-likeness (QED) is 0.597. The number of rotatable bonds is 0. The number of allylic oxidation sites excluding steroid dienone is 4. The van der Waals surface area contributed by atoms with Crippen LogP contribution < -0.4 is 0 Å². The Balaban J connectivity index is 0.000000217. The fourth-order valence-corrected chi connectivity index (χ4v) is 0.718.